The average molecular weight is 390 g/mol. The number of hydrogen-bond acceptors (Lipinski definition) is 6. The van der Waals surface area contributed by atoms with E-state index in [-0.39, 0.29) is 6.04 Å². The molecular weight excluding hydrogens is 364 g/mol. The summed E-state index contributed by atoms with van der Waals surface area (Å²) in [7, 11) is 0. The Hall–Kier alpha value is -2.90. The van der Waals surface area contributed by atoms with Crippen LogP contribution in [-0.2, 0) is 6.54 Å². The van der Waals surface area contributed by atoms with Gasteiger partial charge in [-0.3, -0.25) is 9.58 Å². The molecule has 1 aliphatic rings. The third-order valence-electron chi connectivity index (χ3n) is 5.79. The normalized spacial score (nSPS) is 16.7. The topological polar surface area (TPSA) is 76.4 Å². The molecule has 1 atom stereocenters. The Morgan fingerprint density at radius 1 is 1.14 bits per heavy atom. The minimum Gasteiger partial charge on any atom is -0.460 e. The van der Waals surface area contributed by atoms with E-state index >= 15 is 0 Å². The third kappa shape index (κ3) is 3.36. The molecule has 0 unspecified atom stereocenters. The quantitative estimate of drug-likeness (QED) is 0.565. The first-order valence-electron chi connectivity index (χ1n) is 10.2. The molecule has 0 spiro atoms. The van der Waals surface area contributed by atoms with E-state index in [1.54, 1.807) is 0 Å². The van der Waals surface area contributed by atoms with Gasteiger partial charge in [-0.25, -0.2) is 4.98 Å². The van der Waals surface area contributed by atoms with E-state index in [0.29, 0.717) is 6.54 Å². The van der Waals surface area contributed by atoms with Crippen molar-refractivity contribution in [3.05, 3.63) is 54.6 Å². The number of aromatic nitrogens is 3. The molecule has 4 heterocycles. The Bertz CT molecular complexity index is 1110. The number of nitrogens with two attached hydrogens (primary N) is 1. The number of piperazine rings is 1. The minimum atomic E-state index is 0.149. The lowest BCUT2D eigenvalue weighted by Gasteiger charge is -2.34. The Kier molecular flexibility index (Phi) is 4.69. The third-order valence-corrected chi connectivity index (χ3v) is 5.79. The monoisotopic (exact) mass is 390 g/mol. The zero-order valence-electron chi connectivity index (χ0n) is 16.7. The number of pyridine rings is 1. The first kappa shape index (κ1) is 18.1. The number of fused-ring (bicyclic) bond motifs is 3. The molecule has 1 saturated heterocycles. The minimum absolute atomic E-state index is 0.149. The van der Waals surface area contributed by atoms with E-state index in [1.807, 2.05) is 35.3 Å². The van der Waals surface area contributed by atoms with Gasteiger partial charge in [0.2, 0.25) is 0 Å². The van der Waals surface area contributed by atoms with Crippen molar-refractivity contribution in [3.8, 4) is 0 Å². The summed E-state index contributed by atoms with van der Waals surface area (Å²) < 4.78 is 8.20. The van der Waals surface area contributed by atoms with Crippen LogP contribution in [0, 0.1) is 0 Å². The lowest BCUT2D eigenvalue weighted by molar-refractivity contribution is 0.232. The second-order valence-corrected chi connectivity index (χ2v) is 7.75. The summed E-state index contributed by atoms with van der Waals surface area (Å²) in [6.07, 6.45) is 3.76. The SMILES string of the molecule is C[C@@H](CN)n1ncc2ccc3oc(CN4CCN(c5ccccn5)CC4)cc3c21. The highest BCUT2D eigenvalue weighted by molar-refractivity contribution is 6.03. The van der Waals surface area contributed by atoms with Crippen molar-refractivity contribution < 1.29 is 4.42 Å². The van der Waals surface area contributed by atoms with Crippen LogP contribution in [-0.4, -0.2) is 52.4 Å². The molecule has 1 aliphatic heterocycles. The second-order valence-electron chi connectivity index (χ2n) is 7.75. The molecular formula is C22H26N6O. The van der Waals surface area contributed by atoms with E-state index in [1.165, 1.54) is 0 Å². The van der Waals surface area contributed by atoms with Crippen LogP contribution >= 0.6 is 0 Å². The first-order chi connectivity index (χ1) is 14.2. The van der Waals surface area contributed by atoms with E-state index < -0.39 is 0 Å². The highest BCUT2D eigenvalue weighted by atomic mass is 16.3. The predicted octanol–water partition coefficient (Wildman–Crippen LogP) is 3.02. The van der Waals surface area contributed by atoms with Crippen LogP contribution in [0.15, 0.2) is 53.2 Å². The molecule has 5 rings (SSSR count). The highest BCUT2D eigenvalue weighted by Crippen LogP contribution is 2.30. The molecule has 0 radical (unpaired) electrons. The van der Waals surface area contributed by atoms with Gasteiger partial charge in [0.05, 0.1) is 24.3 Å². The fourth-order valence-electron chi connectivity index (χ4n) is 4.12. The molecule has 29 heavy (non-hydrogen) atoms. The Labute approximate surface area is 169 Å². The van der Waals surface area contributed by atoms with Crippen molar-refractivity contribution >= 4 is 27.7 Å². The predicted molar refractivity (Wildman–Crippen MR) is 115 cm³/mol. The number of benzene rings is 1. The molecule has 0 bridgehead atoms. The summed E-state index contributed by atoms with van der Waals surface area (Å²) in [6, 6.07) is 12.5. The van der Waals surface area contributed by atoms with Crippen LogP contribution in [0.3, 0.4) is 0 Å². The Balaban J connectivity index is 1.35. The van der Waals surface area contributed by atoms with E-state index in [2.05, 4.69) is 45.0 Å². The largest absolute Gasteiger partial charge is 0.460 e. The number of furan rings is 1. The van der Waals surface area contributed by atoms with Gasteiger partial charge >= 0.3 is 0 Å². The van der Waals surface area contributed by atoms with Crippen LogP contribution in [0.5, 0.6) is 0 Å². The zero-order valence-corrected chi connectivity index (χ0v) is 16.7. The zero-order chi connectivity index (χ0) is 19.8. The van der Waals surface area contributed by atoms with Crippen LogP contribution in [0.4, 0.5) is 5.82 Å². The molecule has 1 aromatic carbocycles. The highest BCUT2D eigenvalue weighted by Gasteiger charge is 2.20. The van der Waals surface area contributed by atoms with E-state index in [9.17, 15) is 0 Å². The van der Waals surface area contributed by atoms with Gasteiger partial charge in [0.25, 0.3) is 0 Å². The Morgan fingerprint density at radius 2 is 2.00 bits per heavy atom. The van der Waals surface area contributed by atoms with Gasteiger partial charge < -0.3 is 15.1 Å². The summed E-state index contributed by atoms with van der Waals surface area (Å²) in [4.78, 5) is 9.24. The van der Waals surface area contributed by atoms with Crippen molar-refractivity contribution in [2.75, 3.05) is 37.6 Å². The summed E-state index contributed by atoms with van der Waals surface area (Å²) in [5.74, 6) is 2.05. The molecule has 0 aliphatic carbocycles. The summed E-state index contributed by atoms with van der Waals surface area (Å²) in [6.45, 7) is 7.39. The van der Waals surface area contributed by atoms with Gasteiger partial charge in [0.1, 0.15) is 17.2 Å². The van der Waals surface area contributed by atoms with Crippen LogP contribution in [0.25, 0.3) is 21.9 Å². The maximum absolute atomic E-state index is 6.19. The maximum atomic E-state index is 6.19. The molecule has 7 heteroatoms. The maximum Gasteiger partial charge on any atom is 0.136 e. The Morgan fingerprint density at radius 3 is 2.76 bits per heavy atom. The first-order valence-corrected chi connectivity index (χ1v) is 10.2. The van der Waals surface area contributed by atoms with E-state index in [0.717, 1.165) is 66.2 Å². The lowest BCUT2D eigenvalue weighted by Crippen LogP contribution is -2.46. The number of anilines is 1. The van der Waals surface area contributed by atoms with Crippen molar-refractivity contribution in [3.63, 3.8) is 0 Å². The van der Waals surface area contributed by atoms with Gasteiger partial charge in [0, 0.05) is 49.7 Å². The van der Waals surface area contributed by atoms with Crippen LogP contribution < -0.4 is 10.6 Å². The van der Waals surface area contributed by atoms with Crippen LogP contribution in [0.2, 0.25) is 0 Å². The van der Waals surface area contributed by atoms with Gasteiger partial charge in [-0.1, -0.05) is 6.07 Å². The fraction of sp³-hybridized carbons (Fsp3) is 0.364. The van der Waals surface area contributed by atoms with Crippen molar-refractivity contribution in [2.24, 2.45) is 5.73 Å². The molecule has 150 valence electrons. The molecule has 0 amide bonds. The lowest BCUT2D eigenvalue weighted by atomic mass is 10.1. The number of nitrogens with zero attached hydrogens (tertiary/aromatic N) is 5. The standard InChI is InChI=1S/C22H26N6O/c1-16(13-23)28-22-17(14-25-28)5-6-20-19(22)12-18(29-20)15-26-8-10-27(11-9-26)21-4-2-3-7-24-21/h2-7,12,14,16H,8-11,13,15,23H2,1H3/t16-/m0/s1. The molecule has 0 saturated carbocycles. The van der Waals surface area contributed by atoms with Gasteiger partial charge in [0.15, 0.2) is 0 Å². The van der Waals surface area contributed by atoms with Gasteiger partial charge in [-0.2, -0.15) is 5.10 Å². The van der Waals surface area contributed by atoms with E-state index in [4.69, 9.17) is 10.2 Å². The average Bonchev–Trinajstić information content (AvgIpc) is 3.37. The summed E-state index contributed by atoms with van der Waals surface area (Å²) >= 11 is 0. The molecule has 4 aromatic rings. The van der Waals surface area contributed by atoms with Crippen molar-refractivity contribution in [1.82, 2.24) is 19.7 Å². The summed E-state index contributed by atoms with van der Waals surface area (Å²) in [5, 5.41) is 6.78. The molecule has 3 aromatic heterocycles. The number of hydrogen-bond donors (Lipinski definition) is 1. The molecule has 1 fully saturated rings. The summed E-state index contributed by atoms with van der Waals surface area (Å²) in [5.41, 5.74) is 7.90. The number of rotatable bonds is 5. The van der Waals surface area contributed by atoms with Gasteiger partial charge in [-0.05, 0) is 37.3 Å². The van der Waals surface area contributed by atoms with Crippen LogP contribution in [0.1, 0.15) is 18.7 Å². The fourth-order valence-corrected chi connectivity index (χ4v) is 4.12. The second kappa shape index (κ2) is 7.50. The molecule has 2 N–H and O–H groups in total. The van der Waals surface area contributed by atoms with Crippen molar-refractivity contribution in [2.45, 2.75) is 19.5 Å². The molecule has 7 nitrogen and oxygen atoms in total. The van der Waals surface area contributed by atoms with Gasteiger partial charge in [-0.15, -0.1) is 0 Å². The smallest absolute Gasteiger partial charge is 0.136 e. The van der Waals surface area contributed by atoms with Crippen molar-refractivity contribution in [1.29, 1.82) is 0 Å².